The number of anilines is 1. The van der Waals surface area contributed by atoms with Crippen molar-refractivity contribution < 1.29 is 9.53 Å². The molecule has 1 unspecified atom stereocenters. The predicted octanol–water partition coefficient (Wildman–Crippen LogP) is 3.63. The van der Waals surface area contributed by atoms with Crippen LogP contribution >= 0.6 is 0 Å². The molecule has 0 aliphatic heterocycles. The fourth-order valence-electron chi connectivity index (χ4n) is 1.52. The van der Waals surface area contributed by atoms with Gasteiger partial charge in [-0.3, -0.25) is 0 Å². The number of carbonyl (C=O) groups excluding carboxylic acids is 1. The first-order chi connectivity index (χ1) is 8.80. The standard InChI is InChI=1S/C16H23NO2/c1-12(2)15(18)19-14(16(3,4)5)11-17-13-9-7-6-8-10-13/h6-10,14,17H,1,11H2,2-5H3. The average Bonchev–Trinajstić information content (AvgIpc) is 2.33. The molecule has 1 aromatic rings. The highest BCUT2D eigenvalue weighted by Crippen LogP contribution is 2.23. The molecule has 104 valence electrons. The van der Waals surface area contributed by atoms with Gasteiger partial charge in [0.15, 0.2) is 0 Å². The lowest BCUT2D eigenvalue weighted by atomic mass is 9.89. The van der Waals surface area contributed by atoms with E-state index in [9.17, 15) is 4.79 Å². The third-order valence-corrected chi connectivity index (χ3v) is 2.83. The van der Waals surface area contributed by atoms with Crippen LogP contribution in [0, 0.1) is 5.41 Å². The summed E-state index contributed by atoms with van der Waals surface area (Å²) in [5, 5.41) is 3.29. The topological polar surface area (TPSA) is 38.3 Å². The monoisotopic (exact) mass is 261 g/mol. The smallest absolute Gasteiger partial charge is 0.333 e. The zero-order chi connectivity index (χ0) is 14.5. The maximum Gasteiger partial charge on any atom is 0.333 e. The fourth-order valence-corrected chi connectivity index (χ4v) is 1.52. The predicted molar refractivity (Wildman–Crippen MR) is 79.1 cm³/mol. The maximum atomic E-state index is 11.7. The van der Waals surface area contributed by atoms with Crippen LogP contribution in [0.4, 0.5) is 5.69 Å². The van der Waals surface area contributed by atoms with E-state index >= 15 is 0 Å². The van der Waals surface area contributed by atoms with Gasteiger partial charge in [-0.1, -0.05) is 45.5 Å². The first-order valence-corrected chi connectivity index (χ1v) is 6.46. The molecule has 3 heteroatoms. The van der Waals surface area contributed by atoms with Crippen molar-refractivity contribution >= 4 is 11.7 Å². The Morgan fingerprint density at radius 1 is 1.32 bits per heavy atom. The zero-order valence-corrected chi connectivity index (χ0v) is 12.2. The normalized spacial score (nSPS) is 12.6. The van der Waals surface area contributed by atoms with Gasteiger partial charge < -0.3 is 10.1 Å². The Bertz CT molecular complexity index is 432. The number of ether oxygens (including phenoxy) is 1. The molecule has 0 bridgehead atoms. The van der Waals surface area contributed by atoms with E-state index in [0.29, 0.717) is 12.1 Å². The number of hydrogen-bond donors (Lipinski definition) is 1. The van der Waals surface area contributed by atoms with Gasteiger partial charge in [0.25, 0.3) is 0 Å². The van der Waals surface area contributed by atoms with Crippen LogP contribution in [0.3, 0.4) is 0 Å². The van der Waals surface area contributed by atoms with E-state index in [1.54, 1.807) is 6.92 Å². The van der Waals surface area contributed by atoms with Gasteiger partial charge in [-0.15, -0.1) is 0 Å². The highest BCUT2D eigenvalue weighted by atomic mass is 16.5. The Morgan fingerprint density at radius 2 is 1.89 bits per heavy atom. The van der Waals surface area contributed by atoms with Crippen molar-refractivity contribution in [2.24, 2.45) is 5.41 Å². The van der Waals surface area contributed by atoms with Gasteiger partial charge in [0.2, 0.25) is 0 Å². The number of carbonyl (C=O) groups is 1. The number of para-hydroxylation sites is 1. The summed E-state index contributed by atoms with van der Waals surface area (Å²) in [5.41, 5.74) is 1.31. The molecule has 0 spiro atoms. The van der Waals surface area contributed by atoms with Gasteiger partial charge in [-0.05, 0) is 19.1 Å². The number of hydrogen-bond acceptors (Lipinski definition) is 3. The average molecular weight is 261 g/mol. The summed E-state index contributed by atoms with van der Waals surface area (Å²) in [6.07, 6.45) is -0.211. The van der Waals surface area contributed by atoms with Crippen LogP contribution in [0.15, 0.2) is 42.5 Å². The highest BCUT2D eigenvalue weighted by Gasteiger charge is 2.28. The minimum absolute atomic E-state index is 0.132. The molecule has 1 aromatic carbocycles. The van der Waals surface area contributed by atoms with Crippen LogP contribution in [0.2, 0.25) is 0 Å². The lowest BCUT2D eigenvalue weighted by Gasteiger charge is -2.30. The van der Waals surface area contributed by atoms with Gasteiger partial charge in [-0.25, -0.2) is 4.79 Å². The molecule has 3 nitrogen and oxygen atoms in total. The van der Waals surface area contributed by atoms with Crippen molar-refractivity contribution in [1.29, 1.82) is 0 Å². The second-order valence-electron chi connectivity index (χ2n) is 5.79. The van der Waals surface area contributed by atoms with E-state index in [1.165, 1.54) is 0 Å². The number of esters is 1. The molecule has 1 rings (SSSR count). The van der Waals surface area contributed by atoms with Gasteiger partial charge in [-0.2, -0.15) is 0 Å². The summed E-state index contributed by atoms with van der Waals surface area (Å²) in [4.78, 5) is 11.7. The number of benzene rings is 1. The first-order valence-electron chi connectivity index (χ1n) is 6.46. The molecule has 0 heterocycles. The second-order valence-corrected chi connectivity index (χ2v) is 5.79. The van der Waals surface area contributed by atoms with Gasteiger partial charge in [0, 0.05) is 16.7 Å². The summed E-state index contributed by atoms with van der Waals surface area (Å²) in [6.45, 7) is 12.0. The Hall–Kier alpha value is -1.77. The zero-order valence-electron chi connectivity index (χ0n) is 12.2. The van der Waals surface area contributed by atoms with E-state index < -0.39 is 0 Å². The molecule has 19 heavy (non-hydrogen) atoms. The van der Waals surface area contributed by atoms with Crippen LogP contribution in [0.5, 0.6) is 0 Å². The molecule has 1 N–H and O–H groups in total. The van der Waals surface area contributed by atoms with Crippen LogP contribution in [-0.2, 0) is 9.53 Å². The van der Waals surface area contributed by atoms with Crippen LogP contribution < -0.4 is 5.32 Å². The molecular weight excluding hydrogens is 238 g/mol. The van der Waals surface area contributed by atoms with Crippen molar-refractivity contribution in [3.63, 3.8) is 0 Å². The van der Waals surface area contributed by atoms with Crippen molar-refractivity contribution in [1.82, 2.24) is 0 Å². The Balaban J connectivity index is 2.66. The molecule has 1 atom stereocenters. The lowest BCUT2D eigenvalue weighted by Crippen LogP contribution is -2.37. The Morgan fingerprint density at radius 3 is 2.37 bits per heavy atom. The minimum atomic E-state index is -0.338. The van der Waals surface area contributed by atoms with Crippen LogP contribution in [-0.4, -0.2) is 18.6 Å². The molecule has 0 aromatic heterocycles. The Labute approximate surface area is 115 Å². The van der Waals surface area contributed by atoms with Gasteiger partial charge in [0.1, 0.15) is 6.10 Å². The van der Waals surface area contributed by atoms with E-state index in [4.69, 9.17) is 4.74 Å². The van der Waals surface area contributed by atoms with Crippen molar-refractivity contribution in [2.75, 3.05) is 11.9 Å². The van der Waals surface area contributed by atoms with E-state index in [-0.39, 0.29) is 17.5 Å². The maximum absolute atomic E-state index is 11.7. The largest absolute Gasteiger partial charge is 0.457 e. The van der Waals surface area contributed by atoms with Crippen molar-refractivity contribution in [2.45, 2.75) is 33.8 Å². The highest BCUT2D eigenvalue weighted by molar-refractivity contribution is 5.87. The van der Waals surface area contributed by atoms with Crippen molar-refractivity contribution in [3.8, 4) is 0 Å². The first kappa shape index (κ1) is 15.3. The minimum Gasteiger partial charge on any atom is -0.457 e. The molecule has 0 aliphatic carbocycles. The molecule has 0 amide bonds. The SMILES string of the molecule is C=C(C)C(=O)OC(CNc1ccccc1)C(C)(C)C. The van der Waals surface area contributed by atoms with E-state index in [0.717, 1.165) is 5.69 Å². The number of rotatable bonds is 5. The molecule has 0 saturated heterocycles. The number of nitrogens with one attached hydrogen (secondary N) is 1. The second kappa shape index (κ2) is 6.41. The van der Waals surface area contributed by atoms with Gasteiger partial charge in [0.05, 0.1) is 6.54 Å². The van der Waals surface area contributed by atoms with Gasteiger partial charge >= 0.3 is 5.97 Å². The molecule has 0 radical (unpaired) electrons. The molecule has 0 fully saturated rings. The van der Waals surface area contributed by atoms with E-state index in [2.05, 4.69) is 32.7 Å². The van der Waals surface area contributed by atoms with Crippen LogP contribution in [0.1, 0.15) is 27.7 Å². The van der Waals surface area contributed by atoms with E-state index in [1.807, 2.05) is 30.3 Å². The molecular formula is C16H23NO2. The summed E-state index contributed by atoms with van der Waals surface area (Å²) in [6, 6.07) is 9.87. The third-order valence-electron chi connectivity index (χ3n) is 2.83. The summed E-state index contributed by atoms with van der Waals surface area (Å²) >= 11 is 0. The molecule has 0 aliphatic rings. The summed E-state index contributed by atoms with van der Waals surface area (Å²) < 4.78 is 5.50. The Kier molecular flexibility index (Phi) is 5.16. The van der Waals surface area contributed by atoms with Crippen molar-refractivity contribution in [3.05, 3.63) is 42.5 Å². The fraction of sp³-hybridized carbons (Fsp3) is 0.438. The lowest BCUT2D eigenvalue weighted by molar-refractivity contribution is -0.148. The quantitative estimate of drug-likeness (QED) is 0.649. The van der Waals surface area contributed by atoms with Crippen LogP contribution in [0.25, 0.3) is 0 Å². The summed E-state index contributed by atoms with van der Waals surface area (Å²) in [5.74, 6) is -0.338. The molecule has 0 saturated carbocycles. The summed E-state index contributed by atoms with van der Waals surface area (Å²) in [7, 11) is 0. The third kappa shape index (κ3) is 5.16.